The molecule has 0 spiro atoms. The van der Waals surface area contributed by atoms with Crippen molar-refractivity contribution >= 4 is 32.9 Å². The van der Waals surface area contributed by atoms with Gasteiger partial charge in [-0.2, -0.15) is 0 Å². The standard InChI is InChI=1S/C10H12BrN5O3/c11-5-7(18)4(1-17)19-10(5)16-3-15-6-8(12)13-2-14-9(6)16/h2-5,7,10,17-18H,1H2,(H2,12,13,14)/t4-,5-,7+,10-/m1/s1. The van der Waals surface area contributed by atoms with Gasteiger partial charge in [0.05, 0.1) is 23.9 Å². The molecule has 0 bridgehead atoms. The predicted molar refractivity (Wildman–Crippen MR) is 69.5 cm³/mol. The van der Waals surface area contributed by atoms with Crippen molar-refractivity contribution in [2.75, 3.05) is 12.3 Å². The van der Waals surface area contributed by atoms with E-state index in [-0.39, 0.29) is 17.3 Å². The van der Waals surface area contributed by atoms with Crippen LogP contribution >= 0.6 is 15.9 Å². The van der Waals surface area contributed by atoms with Crippen molar-refractivity contribution in [2.45, 2.75) is 23.3 Å². The number of nitrogens with zero attached hydrogens (tertiary/aromatic N) is 4. The SMILES string of the molecule is Nc1ncnc2c1ncn2[C@@H]1O[C@H](CO)[C@H](O)[C@H]1Br. The Morgan fingerprint density at radius 1 is 1.42 bits per heavy atom. The van der Waals surface area contributed by atoms with Gasteiger partial charge in [0.25, 0.3) is 0 Å². The molecule has 0 aliphatic carbocycles. The number of hydrogen-bond acceptors (Lipinski definition) is 7. The number of imidazole rings is 1. The van der Waals surface area contributed by atoms with E-state index in [1.54, 1.807) is 4.57 Å². The maximum Gasteiger partial charge on any atom is 0.167 e. The largest absolute Gasteiger partial charge is 0.394 e. The number of aromatic nitrogens is 4. The summed E-state index contributed by atoms with van der Waals surface area (Å²) in [5, 5.41) is 19.1. The van der Waals surface area contributed by atoms with Gasteiger partial charge in [-0.3, -0.25) is 4.57 Å². The molecular formula is C10H12BrN5O3. The number of nitrogen functional groups attached to an aromatic ring is 1. The first kappa shape index (κ1) is 12.7. The van der Waals surface area contributed by atoms with Crippen LogP contribution in [0.25, 0.3) is 11.2 Å². The van der Waals surface area contributed by atoms with E-state index < -0.39 is 18.4 Å². The minimum atomic E-state index is -0.813. The van der Waals surface area contributed by atoms with E-state index in [4.69, 9.17) is 15.6 Å². The summed E-state index contributed by atoms with van der Waals surface area (Å²) in [6.07, 6.45) is 0.888. The second-order valence-electron chi connectivity index (χ2n) is 4.27. The Labute approximate surface area is 116 Å². The maximum atomic E-state index is 9.93. The fourth-order valence-corrected chi connectivity index (χ4v) is 2.85. The number of halogens is 1. The van der Waals surface area contributed by atoms with Crippen LogP contribution in [0.15, 0.2) is 12.7 Å². The Bertz CT molecular complexity index is 606. The molecule has 2 aromatic heterocycles. The van der Waals surface area contributed by atoms with Crippen LogP contribution in [0, 0.1) is 0 Å². The van der Waals surface area contributed by atoms with E-state index in [9.17, 15) is 5.11 Å². The van der Waals surface area contributed by atoms with Crippen LogP contribution in [0.4, 0.5) is 5.82 Å². The monoisotopic (exact) mass is 329 g/mol. The third-order valence-electron chi connectivity index (χ3n) is 3.13. The molecule has 4 N–H and O–H groups in total. The molecule has 4 atom stereocenters. The lowest BCUT2D eigenvalue weighted by atomic mass is 10.2. The number of anilines is 1. The molecule has 0 aromatic carbocycles. The number of ether oxygens (including phenoxy) is 1. The average molecular weight is 330 g/mol. The first-order valence-electron chi connectivity index (χ1n) is 5.65. The molecule has 1 aliphatic heterocycles. The van der Waals surface area contributed by atoms with E-state index in [1.807, 2.05) is 0 Å². The van der Waals surface area contributed by atoms with Crippen LogP contribution < -0.4 is 5.73 Å². The van der Waals surface area contributed by atoms with Gasteiger partial charge < -0.3 is 20.7 Å². The molecule has 8 nitrogen and oxygen atoms in total. The van der Waals surface area contributed by atoms with Crippen LogP contribution in [-0.4, -0.2) is 53.4 Å². The normalized spacial score (nSPS) is 31.1. The molecule has 19 heavy (non-hydrogen) atoms. The van der Waals surface area contributed by atoms with Crippen molar-refractivity contribution < 1.29 is 14.9 Å². The van der Waals surface area contributed by atoms with Crippen molar-refractivity contribution in [1.82, 2.24) is 19.5 Å². The lowest BCUT2D eigenvalue weighted by Gasteiger charge is -2.16. The van der Waals surface area contributed by atoms with E-state index in [1.165, 1.54) is 12.7 Å². The van der Waals surface area contributed by atoms with Gasteiger partial charge in [0.2, 0.25) is 0 Å². The number of nitrogens with two attached hydrogens (primary N) is 1. The minimum absolute atomic E-state index is 0.260. The molecule has 1 saturated heterocycles. The summed E-state index contributed by atoms with van der Waals surface area (Å²) in [5.74, 6) is 0.284. The van der Waals surface area contributed by atoms with Crippen LogP contribution in [0.1, 0.15) is 6.23 Å². The molecule has 1 aliphatic rings. The van der Waals surface area contributed by atoms with Gasteiger partial charge in [0.15, 0.2) is 17.7 Å². The quantitative estimate of drug-likeness (QED) is 0.630. The van der Waals surface area contributed by atoms with Crippen LogP contribution in [0.2, 0.25) is 0 Å². The molecule has 9 heteroatoms. The summed E-state index contributed by atoms with van der Waals surface area (Å²) in [6, 6.07) is 0. The van der Waals surface area contributed by atoms with Gasteiger partial charge in [0, 0.05) is 0 Å². The number of hydrogen-bond donors (Lipinski definition) is 3. The van der Waals surface area contributed by atoms with E-state index in [0.717, 1.165) is 0 Å². The number of aliphatic hydroxyl groups excluding tert-OH is 2. The summed E-state index contributed by atoms with van der Waals surface area (Å²) in [5.41, 5.74) is 6.72. The Balaban J connectivity index is 2.04. The van der Waals surface area contributed by atoms with E-state index in [0.29, 0.717) is 11.2 Å². The Morgan fingerprint density at radius 2 is 2.21 bits per heavy atom. The molecular weight excluding hydrogens is 318 g/mol. The van der Waals surface area contributed by atoms with Gasteiger partial charge in [-0.05, 0) is 0 Å². The zero-order valence-corrected chi connectivity index (χ0v) is 11.3. The third kappa shape index (κ3) is 1.89. The van der Waals surface area contributed by atoms with Gasteiger partial charge in [-0.25, -0.2) is 15.0 Å². The predicted octanol–water partition coefficient (Wildman–Crippen LogP) is -0.577. The highest BCUT2D eigenvalue weighted by atomic mass is 79.9. The number of rotatable bonds is 2. The second kappa shape index (κ2) is 4.67. The van der Waals surface area contributed by atoms with Crippen molar-refractivity contribution in [3.63, 3.8) is 0 Å². The number of aliphatic hydroxyl groups is 2. The highest BCUT2D eigenvalue weighted by Crippen LogP contribution is 2.36. The van der Waals surface area contributed by atoms with Crippen LogP contribution in [-0.2, 0) is 4.74 Å². The molecule has 102 valence electrons. The first-order chi connectivity index (χ1) is 9.13. The summed E-state index contributed by atoms with van der Waals surface area (Å²) in [7, 11) is 0. The number of alkyl halides is 1. The Hall–Kier alpha value is -1.29. The van der Waals surface area contributed by atoms with E-state index in [2.05, 4.69) is 30.9 Å². The van der Waals surface area contributed by atoms with Crippen molar-refractivity contribution in [3.05, 3.63) is 12.7 Å². The Morgan fingerprint density at radius 3 is 2.89 bits per heavy atom. The smallest absolute Gasteiger partial charge is 0.167 e. The molecule has 0 unspecified atom stereocenters. The van der Waals surface area contributed by atoms with Crippen molar-refractivity contribution in [2.24, 2.45) is 0 Å². The van der Waals surface area contributed by atoms with Gasteiger partial charge in [-0.1, -0.05) is 15.9 Å². The van der Waals surface area contributed by atoms with Crippen molar-refractivity contribution in [1.29, 1.82) is 0 Å². The maximum absolute atomic E-state index is 9.93. The van der Waals surface area contributed by atoms with Gasteiger partial charge in [-0.15, -0.1) is 0 Å². The summed E-state index contributed by atoms with van der Waals surface area (Å²) < 4.78 is 7.26. The topological polar surface area (TPSA) is 119 Å². The first-order valence-corrected chi connectivity index (χ1v) is 6.56. The van der Waals surface area contributed by atoms with Crippen molar-refractivity contribution in [3.8, 4) is 0 Å². The molecule has 3 rings (SSSR count). The minimum Gasteiger partial charge on any atom is -0.394 e. The van der Waals surface area contributed by atoms with Crippen LogP contribution in [0.3, 0.4) is 0 Å². The summed E-state index contributed by atoms with van der Waals surface area (Å²) in [4.78, 5) is 11.7. The summed E-state index contributed by atoms with van der Waals surface area (Å²) in [6.45, 7) is -0.260. The Kier molecular flexibility index (Phi) is 3.13. The molecule has 0 amide bonds. The summed E-state index contributed by atoms with van der Waals surface area (Å²) >= 11 is 3.37. The zero-order chi connectivity index (χ0) is 13.6. The average Bonchev–Trinajstić information content (AvgIpc) is 2.94. The fourth-order valence-electron chi connectivity index (χ4n) is 2.13. The van der Waals surface area contributed by atoms with Gasteiger partial charge >= 0.3 is 0 Å². The van der Waals surface area contributed by atoms with E-state index >= 15 is 0 Å². The fraction of sp³-hybridized carbons (Fsp3) is 0.500. The van der Waals surface area contributed by atoms with Crippen LogP contribution in [0.5, 0.6) is 0 Å². The highest BCUT2D eigenvalue weighted by Gasteiger charge is 2.43. The highest BCUT2D eigenvalue weighted by molar-refractivity contribution is 9.09. The van der Waals surface area contributed by atoms with Gasteiger partial charge in [0.1, 0.15) is 17.9 Å². The zero-order valence-electron chi connectivity index (χ0n) is 9.72. The second-order valence-corrected chi connectivity index (χ2v) is 5.32. The number of fused-ring (bicyclic) bond motifs is 1. The molecule has 0 saturated carbocycles. The molecule has 1 fully saturated rings. The third-order valence-corrected chi connectivity index (χ3v) is 4.13. The lowest BCUT2D eigenvalue weighted by Crippen LogP contribution is -2.29. The molecule has 0 radical (unpaired) electrons. The molecule has 3 heterocycles. The lowest BCUT2D eigenvalue weighted by molar-refractivity contribution is -0.0430. The molecule has 2 aromatic rings.